The van der Waals surface area contributed by atoms with Crippen LogP contribution in [0.25, 0.3) is 10.6 Å². The maximum absolute atomic E-state index is 9.15. The molecule has 7 heteroatoms. The van der Waals surface area contributed by atoms with E-state index in [1.807, 2.05) is 42.5 Å². The molecule has 0 unspecified atom stereocenters. The first-order chi connectivity index (χ1) is 10.8. The summed E-state index contributed by atoms with van der Waals surface area (Å²) in [5.74, 6) is 0. The van der Waals surface area contributed by atoms with Gasteiger partial charge in [-0.15, -0.1) is 39.7 Å². The van der Waals surface area contributed by atoms with Crippen molar-refractivity contribution in [2.24, 2.45) is 4.99 Å². The lowest BCUT2D eigenvalue weighted by Crippen LogP contribution is -2.16. The highest BCUT2D eigenvalue weighted by atomic mass is 79.9. The van der Waals surface area contributed by atoms with Gasteiger partial charge in [-0.3, -0.25) is 0 Å². The molecular formula is C16H16BrClN2OS2. The van der Waals surface area contributed by atoms with E-state index in [1.165, 1.54) is 0 Å². The standard InChI is InChI=1S/C16H15ClN2OS2.BrH/c17-15-8-7-14(22-15)13-11-21-16(19(13)9-4-10-20)18-12-5-2-1-3-6-12;/h1-3,5-8,11,20H,4,9-10H2;1H. The molecule has 2 heterocycles. The molecule has 0 amide bonds. The number of aliphatic hydroxyl groups is 1. The van der Waals surface area contributed by atoms with Crippen LogP contribution in [0.1, 0.15) is 6.42 Å². The van der Waals surface area contributed by atoms with Crippen molar-refractivity contribution >= 4 is 56.9 Å². The second-order valence-electron chi connectivity index (χ2n) is 4.68. The van der Waals surface area contributed by atoms with Gasteiger partial charge < -0.3 is 9.67 Å². The number of hydrogen-bond acceptors (Lipinski definition) is 4. The van der Waals surface area contributed by atoms with Gasteiger partial charge in [-0.25, -0.2) is 4.99 Å². The van der Waals surface area contributed by atoms with E-state index < -0.39 is 0 Å². The SMILES string of the molecule is Br.OCCCn1c(-c2ccc(Cl)s2)csc1=Nc1ccccc1. The van der Waals surface area contributed by atoms with Crippen LogP contribution in [-0.4, -0.2) is 16.3 Å². The van der Waals surface area contributed by atoms with Gasteiger partial charge in [-0.05, 0) is 30.7 Å². The fourth-order valence-electron chi connectivity index (χ4n) is 2.13. The van der Waals surface area contributed by atoms with E-state index in [9.17, 15) is 0 Å². The molecule has 2 aromatic heterocycles. The van der Waals surface area contributed by atoms with Gasteiger partial charge >= 0.3 is 0 Å². The third-order valence-electron chi connectivity index (χ3n) is 3.14. The first-order valence-corrected chi connectivity index (χ1v) is 9.00. The smallest absolute Gasteiger partial charge is 0.190 e. The molecule has 0 fully saturated rings. The van der Waals surface area contributed by atoms with Crippen molar-refractivity contribution in [3.63, 3.8) is 0 Å². The van der Waals surface area contributed by atoms with Crippen LogP contribution in [-0.2, 0) is 6.54 Å². The lowest BCUT2D eigenvalue weighted by molar-refractivity contribution is 0.279. The fourth-order valence-corrected chi connectivity index (χ4v) is 4.22. The van der Waals surface area contributed by atoms with Crippen LogP contribution in [0.15, 0.2) is 52.8 Å². The average molecular weight is 432 g/mol. The molecule has 3 nitrogen and oxygen atoms in total. The van der Waals surface area contributed by atoms with Gasteiger partial charge in [0, 0.05) is 18.5 Å². The van der Waals surface area contributed by atoms with E-state index in [1.54, 1.807) is 22.7 Å². The molecule has 3 rings (SSSR count). The summed E-state index contributed by atoms with van der Waals surface area (Å²) in [4.78, 5) is 6.77. The molecule has 0 aliphatic rings. The van der Waals surface area contributed by atoms with Gasteiger partial charge in [0.15, 0.2) is 4.80 Å². The van der Waals surface area contributed by atoms with Crippen LogP contribution in [0.2, 0.25) is 4.34 Å². The van der Waals surface area contributed by atoms with E-state index in [2.05, 4.69) is 9.95 Å². The van der Waals surface area contributed by atoms with Crippen LogP contribution >= 0.6 is 51.3 Å². The topological polar surface area (TPSA) is 37.5 Å². The number of benzene rings is 1. The highest BCUT2D eigenvalue weighted by Crippen LogP contribution is 2.31. The molecule has 0 saturated heterocycles. The first kappa shape index (κ1) is 18.4. The number of thiophene rings is 1. The summed E-state index contributed by atoms with van der Waals surface area (Å²) in [6.45, 7) is 0.898. The van der Waals surface area contributed by atoms with Crippen LogP contribution in [0.4, 0.5) is 5.69 Å². The molecule has 3 aromatic rings. The highest BCUT2D eigenvalue weighted by Gasteiger charge is 2.10. The summed E-state index contributed by atoms with van der Waals surface area (Å²) >= 11 is 9.21. The number of rotatable bonds is 5. The zero-order chi connectivity index (χ0) is 15.4. The minimum atomic E-state index is 0. The zero-order valence-electron chi connectivity index (χ0n) is 12.2. The van der Waals surface area contributed by atoms with Crippen molar-refractivity contribution in [1.29, 1.82) is 0 Å². The van der Waals surface area contributed by atoms with Crippen molar-refractivity contribution in [2.75, 3.05) is 6.61 Å². The Morgan fingerprint density at radius 2 is 1.91 bits per heavy atom. The Hall–Kier alpha value is -0.920. The van der Waals surface area contributed by atoms with Gasteiger partial charge in [0.1, 0.15) is 0 Å². The highest BCUT2D eigenvalue weighted by molar-refractivity contribution is 8.93. The number of aliphatic hydroxyl groups excluding tert-OH is 1. The number of hydrogen-bond donors (Lipinski definition) is 1. The number of halogens is 2. The Morgan fingerprint density at radius 1 is 1.13 bits per heavy atom. The van der Waals surface area contributed by atoms with E-state index in [0.717, 1.165) is 31.9 Å². The predicted molar refractivity (Wildman–Crippen MR) is 104 cm³/mol. The number of aromatic nitrogens is 1. The molecule has 0 saturated carbocycles. The van der Waals surface area contributed by atoms with Gasteiger partial charge in [0.25, 0.3) is 0 Å². The predicted octanol–water partition coefficient (Wildman–Crippen LogP) is 5.12. The third kappa shape index (κ3) is 4.55. The van der Waals surface area contributed by atoms with E-state index >= 15 is 0 Å². The Morgan fingerprint density at radius 3 is 2.57 bits per heavy atom. The maximum Gasteiger partial charge on any atom is 0.190 e. The molecule has 23 heavy (non-hydrogen) atoms. The van der Waals surface area contributed by atoms with Crippen LogP contribution in [0.3, 0.4) is 0 Å². The lowest BCUT2D eigenvalue weighted by Gasteiger charge is -2.06. The Kier molecular flexibility index (Phi) is 7.05. The number of thiazole rings is 1. The molecule has 0 atom stereocenters. The minimum absolute atomic E-state index is 0. The fraction of sp³-hybridized carbons (Fsp3) is 0.188. The summed E-state index contributed by atoms with van der Waals surface area (Å²) in [7, 11) is 0. The molecule has 1 N–H and O–H groups in total. The van der Waals surface area contributed by atoms with E-state index in [0.29, 0.717) is 6.42 Å². The minimum Gasteiger partial charge on any atom is -0.396 e. The van der Waals surface area contributed by atoms with Gasteiger partial charge in [0.2, 0.25) is 0 Å². The number of para-hydroxylation sites is 1. The van der Waals surface area contributed by atoms with Crippen molar-refractivity contribution in [3.05, 3.63) is 57.0 Å². The lowest BCUT2D eigenvalue weighted by atomic mass is 10.3. The Bertz CT molecular complexity index is 811. The van der Waals surface area contributed by atoms with Gasteiger partial charge in [0.05, 0.1) is 20.6 Å². The van der Waals surface area contributed by atoms with E-state index in [4.69, 9.17) is 21.7 Å². The second kappa shape index (κ2) is 8.80. The zero-order valence-corrected chi connectivity index (χ0v) is 16.3. The van der Waals surface area contributed by atoms with Gasteiger partial charge in [-0.1, -0.05) is 29.8 Å². The van der Waals surface area contributed by atoms with Crippen LogP contribution in [0.5, 0.6) is 0 Å². The Balaban J connectivity index is 0.00000192. The molecular weight excluding hydrogens is 416 g/mol. The van der Waals surface area contributed by atoms with Crippen molar-refractivity contribution in [2.45, 2.75) is 13.0 Å². The Labute approximate surface area is 158 Å². The number of nitrogens with zero attached hydrogens (tertiary/aromatic N) is 2. The third-order valence-corrected chi connectivity index (χ3v) is 5.26. The monoisotopic (exact) mass is 430 g/mol. The molecule has 0 aliphatic heterocycles. The second-order valence-corrected chi connectivity index (χ2v) is 7.24. The molecule has 122 valence electrons. The van der Waals surface area contributed by atoms with Crippen LogP contribution < -0.4 is 4.80 Å². The summed E-state index contributed by atoms with van der Waals surface area (Å²) in [5, 5.41) is 11.3. The molecule has 0 aliphatic carbocycles. The van der Waals surface area contributed by atoms with Gasteiger partial charge in [-0.2, -0.15) is 0 Å². The normalized spacial score (nSPS) is 11.5. The molecule has 0 radical (unpaired) electrons. The largest absolute Gasteiger partial charge is 0.396 e. The molecule has 0 spiro atoms. The molecule has 0 bridgehead atoms. The molecule has 1 aromatic carbocycles. The summed E-state index contributed by atoms with van der Waals surface area (Å²) < 4.78 is 2.92. The summed E-state index contributed by atoms with van der Waals surface area (Å²) in [5.41, 5.74) is 2.03. The quantitative estimate of drug-likeness (QED) is 0.598. The van der Waals surface area contributed by atoms with Crippen molar-refractivity contribution in [1.82, 2.24) is 4.57 Å². The van der Waals surface area contributed by atoms with Crippen LogP contribution in [0, 0.1) is 0 Å². The maximum atomic E-state index is 9.15. The van der Waals surface area contributed by atoms with Crippen molar-refractivity contribution < 1.29 is 5.11 Å². The van der Waals surface area contributed by atoms with E-state index in [-0.39, 0.29) is 23.6 Å². The average Bonchev–Trinajstić information content (AvgIpc) is 3.12. The summed E-state index contributed by atoms with van der Waals surface area (Å²) in [6, 6.07) is 13.8. The van der Waals surface area contributed by atoms with Crippen molar-refractivity contribution in [3.8, 4) is 10.6 Å². The first-order valence-electron chi connectivity index (χ1n) is 6.92. The summed E-state index contributed by atoms with van der Waals surface area (Å²) in [6.07, 6.45) is 0.699.